The van der Waals surface area contributed by atoms with Crippen LogP contribution in [0.4, 0.5) is 22.0 Å². The van der Waals surface area contributed by atoms with Gasteiger partial charge in [0.25, 0.3) is 0 Å². The first-order valence-electron chi connectivity index (χ1n) is 9.88. The van der Waals surface area contributed by atoms with Crippen LogP contribution in [0.1, 0.15) is 32.3 Å². The van der Waals surface area contributed by atoms with Gasteiger partial charge in [-0.2, -0.15) is 32.0 Å². The summed E-state index contributed by atoms with van der Waals surface area (Å²) in [4.78, 5) is 12.1. The number of rotatable bonds is 4. The minimum absolute atomic E-state index is 0.0231. The minimum Gasteiger partial charge on any atom is -0.252 e. The van der Waals surface area contributed by atoms with Gasteiger partial charge in [0.1, 0.15) is 0 Å². The number of pyridine rings is 3. The zero-order chi connectivity index (χ0) is 24.0. The van der Waals surface area contributed by atoms with Crippen LogP contribution < -0.4 is 0 Å². The van der Waals surface area contributed by atoms with Gasteiger partial charge in [-0.05, 0) is 56.3 Å². The lowest BCUT2D eigenvalue weighted by atomic mass is 9.84. The first-order valence-corrected chi connectivity index (χ1v) is 9.38. The van der Waals surface area contributed by atoms with Crippen LogP contribution in [-0.4, -0.2) is 24.7 Å². The van der Waals surface area contributed by atoms with E-state index in [1.807, 2.05) is 0 Å². The first kappa shape index (κ1) is 20.2. The quantitative estimate of drug-likeness (QED) is 0.313. The molecule has 4 aromatic heterocycles. The molecule has 0 saturated carbocycles. The zero-order valence-corrected chi connectivity index (χ0v) is 16.8. The van der Waals surface area contributed by atoms with Gasteiger partial charge < -0.3 is 0 Å². The molecule has 0 aliphatic heterocycles. The molecule has 0 fully saturated rings. The second-order valence-corrected chi connectivity index (χ2v) is 7.45. The van der Waals surface area contributed by atoms with Gasteiger partial charge in [-0.15, -0.1) is 0 Å². The summed E-state index contributed by atoms with van der Waals surface area (Å²) in [5.74, 6) is -1.85. The number of hydrogen-bond donors (Lipinski definition) is 0. The fourth-order valence-electron chi connectivity index (χ4n) is 3.11. The number of halogens is 5. The summed E-state index contributed by atoms with van der Waals surface area (Å²) in [5, 5.41) is 3.46. The van der Waals surface area contributed by atoms with Gasteiger partial charge in [0, 0.05) is 11.6 Å². The van der Waals surface area contributed by atoms with Crippen LogP contribution in [0.3, 0.4) is 0 Å². The Labute approximate surface area is 181 Å². The van der Waals surface area contributed by atoms with E-state index in [-0.39, 0.29) is 17.1 Å². The summed E-state index contributed by atoms with van der Waals surface area (Å²) in [6.45, 7) is 3.59. The molecular formula is C22H16F5N5. The van der Waals surface area contributed by atoms with Crippen molar-refractivity contribution in [1.82, 2.24) is 24.7 Å². The Bertz CT molecular complexity index is 1330. The Kier molecular flexibility index (Phi) is 4.91. The summed E-state index contributed by atoms with van der Waals surface area (Å²) in [6, 6.07) is 11.2. The summed E-state index contributed by atoms with van der Waals surface area (Å²) < 4.78 is 74.8. The molecule has 0 atom stereocenters. The summed E-state index contributed by atoms with van der Waals surface area (Å²) in [7, 11) is 0. The van der Waals surface area contributed by atoms with Crippen molar-refractivity contribution in [3.8, 4) is 17.1 Å². The average Bonchev–Trinajstić information content (AvgIpc) is 3.16. The molecule has 0 aromatic carbocycles. The van der Waals surface area contributed by atoms with Crippen molar-refractivity contribution in [2.45, 2.75) is 25.4 Å². The van der Waals surface area contributed by atoms with Gasteiger partial charge >= 0.3 is 6.18 Å². The van der Waals surface area contributed by atoms with Crippen LogP contribution >= 0.6 is 0 Å². The van der Waals surface area contributed by atoms with E-state index in [0.29, 0.717) is 11.4 Å². The topological polar surface area (TPSA) is 56.5 Å². The smallest absolute Gasteiger partial charge is 0.252 e. The molecule has 0 unspecified atom stereocenters. The molecule has 0 radical (unpaired) electrons. The van der Waals surface area contributed by atoms with Crippen molar-refractivity contribution < 1.29 is 23.3 Å². The molecular weight excluding hydrogens is 429 g/mol. The van der Waals surface area contributed by atoms with Crippen LogP contribution in [0, 0.1) is 11.9 Å². The molecule has 10 heteroatoms. The van der Waals surface area contributed by atoms with Gasteiger partial charge in [-0.3, -0.25) is 4.98 Å². The second kappa shape index (κ2) is 7.77. The fourth-order valence-corrected chi connectivity index (χ4v) is 3.11. The van der Waals surface area contributed by atoms with E-state index in [2.05, 4.69) is 20.1 Å². The first-order chi connectivity index (χ1) is 15.5. The van der Waals surface area contributed by atoms with Crippen LogP contribution in [0.25, 0.3) is 17.1 Å². The zero-order valence-electron chi connectivity index (χ0n) is 17.8. The molecule has 0 aliphatic rings. The molecule has 4 aromatic rings. The molecule has 0 bridgehead atoms. The maximum Gasteiger partial charge on any atom is 0.435 e. The number of nitrogens with zero attached hydrogens (tertiary/aromatic N) is 5. The Morgan fingerprint density at radius 1 is 0.844 bits per heavy atom. The lowest BCUT2D eigenvalue weighted by Crippen LogP contribution is -2.23. The lowest BCUT2D eigenvalue weighted by molar-refractivity contribution is -0.141. The maximum absolute atomic E-state index is 14.1. The Morgan fingerprint density at radius 3 is 2.19 bits per heavy atom. The Balaban J connectivity index is 1.73. The molecule has 32 heavy (non-hydrogen) atoms. The second-order valence-electron chi connectivity index (χ2n) is 7.45. The minimum atomic E-state index is -4.76. The third-order valence-electron chi connectivity index (χ3n) is 4.89. The third kappa shape index (κ3) is 4.08. The lowest BCUT2D eigenvalue weighted by Gasteiger charge is -2.24. The van der Waals surface area contributed by atoms with Crippen molar-refractivity contribution in [3.63, 3.8) is 0 Å². The highest BCUT2D eigenvalue weighted by molar-refractivity contribution is 5.59. The molecule has 0 amide bonds. The SMILES string of the molecule is [2H]c1cn(-c2cccc(C(C)(C)c3cccc(-c4ccc(F)nc4F)n3)n2)nc1C(F)(F)F. The maximum atomic E-state index is 14.1. The van der Waals surface area contributed by atoms with Crippen molar-refractivity contribution in [2.24, 2.45) is 0 Å². The normalized spacial score (nSPS) is 12.7. The predicted octanol–water partition coefficient (Wildman–Crippen LogP) is 5.35. The van der Waals surface area contributed by atoms with Gasteiger partial charge in [0.05, 0.1) is 24.0 Å². The number of alkyl halides is 3. The van der Waals surface area contributed by atoms with E-state index in [1.54, 1.807) is 44.2 Å². The van der Waals surface area contributed by atoms with Gasteiger partial charge in [-0.1, -0.05) is 12.1 Å². The highest BCUT2D eigenvalue weighted by Gasteiger charge is 2.34. The van der Waals surface area contributed by atoms with Crippen LogP contribution in [-0.2, 0) is 11.6 Å². The van der Waals surface area contributed by atoms with Crippen molar-refractivity contribution in [3.05, 3.63) is 89.7 Å². The van der Waals surface area contributed by atoms with E-state index >= 15 is 0 Å². The standard InChI is InChI=1S/C22H16F5N5/c1-21(2,15-6-3-5-14(28-15)13-9-10-18(23)30-20(13)24)16-7-4-8-19(29-16)32-12-11-17(31-32)22(25,26)27/h3-12H,1-2H3/i11D. The van der Waals surface area contributed by atoms with Gasteiger partial charge in [0.2, 0.25) is 11.9 Å². The Hall–Kier alpha value is -3.69. The predicted molar refractivity (Wildman–Crippen MR) is 106 cm³/mol. The van der Waals surface area contributed by atoms with E-state index in [4.69, 9.17) is 1.37 Å². The summed E-state index contributed by atoms with van der Waals surface area (Å²) in [5.41, 5.74) is -0.945. The van der Waals surface area contributed by atoms with Crippen molar-refractivity contribution >= 4 is 0 Å². The molecule has 0 aliphatic carbocycles. The average molecular weight is 446 g/mol. The molecule has 0 N–H and O–H groups in total. The largest absolute Gasteiger partial charge is 0.435 e. The number of aromatic nitrogens is 5. The monoisotopic (exact) mass is 446 g/mol. The van der Waals surface area contributed by atoms with E-state index in [0.717, 1.165) is 16.9 Å². The Morgan fingerprint density at radius 2 is 1.53 bits per heavy atom. The third-order valence-corrected chi connectivity index (χ3v) is 4.89. The van der Waals surface area contributed by atoms with Crippen molar-refractivity contribution in [2.75, 3.05) is 0 Å². The molecule has 0 spiro atoms. The molecule has 5 nitrogen and oxygen atoms in total. The van der Waals surface area contributed by atoms with Gasteiger partial charge in [0.15, 0.2) is 11.5 Å². The summed E-state index contributed by atoms with van der Waals surface area (Å²) in [6.07, 6.45) is -3.82. The molecule has 164 valence electrons. The highest BCUT2D eigenvalue weighted by Crippen LogP contribution is 2.32. The molecule has 4 rings (SSSR count). The number of hydrogen-bond acceptors (Lipinski definition) is 4. The van der Waals surface area contributed by atoms with Crippen LogP contribution in [0.15, 0.2) is 60.8 Å². The van der Waals surface area contributed by atoms with Crippen molar-refractivity contribution in [1.29, 1.82) is 0 Å². The van der Waals surface area contributed by atoms with E-state index < -0.39 is 35.2 Å². The highest BCUT2D eigenvalue weighted by atomic mass is 19.4. The van der Waals surface area contributed by atoms with Crippen LogP contribution in [0.2, 0.25) is 0 Å². The van der Waals surface area contributed by atoms with Gasteiger partial charge in [-0.25, -0.2) is 9.67 Å². The fraction of sp³-hybridized carbons (Fsp3) is 0.182. The molecule has 0 saturated heterocycles. The molecule has 4 heterocycles. The van der Waals surface area contributed by atoms with Crippen LogP contribution in [0.5, 0.6) is 0 Å². The van der Waals surface area contributed by atoms with E-state index in [9.17, 15) is 22.0 Å². The summed E-state index contributed by atoms with van der Waals surface area (Å²) >= 11 is 0. The van der Waals surface area contributed by atoms with E-state index in [1.165, 1.54) is 12.1 Å².